The maximum absolute atomic E-state index is 11.9. The molecule has 0 radical (unpaired) electrons. The predicted octanol–water partition coefficient (Wildman–Crippen LogP) is 9.26. The maximum Gasteiger partial charge on any atom is 2.00 e. The van der Waals surface area contributed by atoms with Crippen molar-refractivity contribution < 1.29 is 190 Å². The number of alkyl carbamates (subject to hydrolysis) is 1. The standard InChI is InChI=1S/C12H21NO4.C12H21NO3.C11H17NO4.2C11H19NO4.C11H21NO3.C10H18O5.C7H13NO.C7H11NO.C2H2O2.CH3.BrH.Li.Mg.H2O/c1-8(14)6-7-10(9(2)15)13-11(16)17-12(3,4)5;1-8-6-7-10(9(2)14)13(8)11(15)16-12(3,4)5;1-7(13)8-5-6-9(14)12(8)10(15)16-11(2,3)4;2*1-7-5-6-8(9(13)14)12(7)10(15)16-11(2,3)4;1-8-5-6-9(7-13)12(8)10(14)15-11(2,3)4;1-9(2,3)14-7(11)13-8(12)15-10(4,5)6;2*1-5-3-4-7(8-5)6(2)9;3-1-2-4;;;;;/h10H,6-7H2,1-5H3,(H,13,16);8,10H,6-7H2,1-5H3;8H,5-6H2,1-4H3;2*7-8H,5-6H2,1-4H3,(H,13,14);8-9,13H,5-7H2,1-4H3;1-6H3;5,7-8H,3-4H2,1-2H3;7H,3-4H2,1-2H3;1-2H;1H3;1H;;;1H2/q;;;;;;;;;;-1;;+1;+2;/p-2/t10-;8-,10-;8-;2*7-,8-;8-,9-;;5-,7-;7-;;;;;;/m000000.00....../s1. The molecule has 0 aromatic carbocycles. The van der Waals surface area contributed by atoms with E-state index in [-0.39, 0.29) is 205 Å². The number of hydrogen-bond acceptors (Lipinski definition) is 32. The molecule has 7 amide bonds. The maximum atomic E-state index is 11.9. The van der Waals surface area contributed by atoms with Gasteiger partial charge in [-0.05, 0) is 339 Å². The number of nitrogens with one attached hydrogen (secondary N) is 2. The fraction of sp³-hybridized carbons (Fsp3) is 0.779. The fourth-order valence-corrected chi connectivity index (χ4v) is 13.3. The van der Waals surface area contributed by atoms with Gasteiger partial charge in [-0.2, -0.15) is 0 Å². The Bertz CT molecular complexity index is 3750. The number of Topliss-reactive ketones (excluding diaryl/α,β-unsaturated/α-hetero) is 6. The Labute approximate surface area is 857 Å². The Kier molecular flexibility index (Phi) is 69.1. The summed E-state index contributed by atoms with van der Waals surface area (Å²) in [6, 6.07) is -2.39. The van der Waals surface area contributed by atoms with Gasteiger partial charge in [-0.3, -0.25) is 58.0 Å². The number of halogens is 1. The Morgan fingerprint density at radius 1 is 0.435 bits per heavy atom. The first-order valence-corrected chi connectivity index (χ1v) is 45.2. The number of nitrogens with zero attached hydrogens (tertiary/aromatic N) is 6. The van der Waals surface area contributed by atoms with Crippen LogP contribution in [-0.2, 0) is 95.4 Å². The molecule has 138 heavy (non-hydrogen) atoms. The second-order valence-electron chi connectivity index (χ2n) is 41.5. The van der Waals surface area contributed by atoms with Crippen molar-refractivity contribution in [3.05, 3.63) is 7.43 Å². The number of ether oxygens (including phenoxy) is 9. The Hall–Kier alpha value is -8.28. The van der Waals surface area contributed by atoms with Crippen LogP contribution in [0.1, 0.15) is 352 Å². The van der Waals surface area contributed by atoms with Crippen LogP contribution in [0.4, 0.5) is 38.4 Å². The van der Waals surface area contributed by atoms with Gasteiger partial charge in [0.05, 0.1) is 30.8 Å². The molecule has 788 valence electrons. The van der Waals surface area contributed by atoms with Crippen LogP contribution in [0.2, 0.25) is 0 Å². The van der Waals surface area contributed by atoms with Crippen LogP contribution < -0.4 is 46.5 Å². The van der Waals surface area contributed by atoms with Crippen molar-refractivity contribution in [2.45, 2.75) is 475 Å². The zero-order valence-electron chi connectivity index (χ0n) is 89.7. The topological polar surface area (TPSA) is 551 Å². The average Bonchev–Trinajstić information content (AvgIpc) is 1.67. The first-order chi connectivity index (χ1) is 60.2. The number of carboxylic acid groups (broad SMARTS) is 2. The number of aliphatic imine (C=N–C) groups is 1. The van der Waals surface area contributed by atoms with E-state index in [0.29, 0.717) is 44.6 Å². The quantitative estimate of drug-likeness (QED) is 0.0218. The minimum atomic E-state index is -1.06. The number of aldehydes is 2. The van der Waals surface area contributed by atoms with E-state index in [1.807, 2.05) is 76.2 Å². The number of ketones is 6. The summed E-state index contributed by atoms with van der Waals surface area (Å²) >= 11 is 0. The monoisotopic (exact) mass is 2040 g/mol. The molecular formula is C95H166BrLiMgN8O32. The second-order valence-corrected chi connectivity index (χ2v) is 41.5. The predicted molar refractivity (Wildman–Crippen MR) is 509 cm³/mol. The molecule has 0 bridgehead atoms. The summed E-state index contributed by atoms with van der Waals surface area (Å²) in [6.45, 7) is 62.7. The second kappa shape index (κ2) is 65.7. The summed E-state index contributed by atoms with van der Waals surface area (Å²) in [7, 11) is 0. The van der Waals surface area contributed by atoms with Gasteiger partial charge < -0.3 is 108 Å². The van der Waals surface area contributed by atoms with E-state index in [0.717, 1.165) is 62.0 Å². The van der Waals surface area contributed by atoms with Crippen LogP contribution in [0.15, 0.2) is 4.99 Å². The van der Waals surface area contributed by atoms with Crippen molar-refractivity contribution in [3.63, 3.8) is 0 Å². The van der Waals surface area contributed by atoms with Gasteiger partial charge in [0.2, 0.25) is 5.91 Å². The Morgan fingerprint density at radius 2 is 0.761 bits per heavy atom. The molecular weight excluding hydrogens is 1880 g/mol. The molecule has 0 unspecified atom stereocenters. The van der Waals surface area contributed by atoms with Gasteiger partial charge in [0.25, 0.3) is 0 Å². The largest absolute Gasteiger partial charge is 2.00 e. The van der Waals surface area contributed by atoms with Crippen LogP contribution in [0.3, 0.4) is 0 Å². The Morgan fingerprint density at radius 3 is 1.02 bits per heavy atom. The normalized spacial score (nSPS) is 21.3. The van der Waals surface area contributed by atoms with Crippen molar-refractivity contribution in [2.75, 3.05) is 6.61 Å². The van der Waals surface area contributed by atoms with E-state index in [4.69, 9.17) is 62.8 Å². The molecule has 7 aliphatic heterocycles. The first kappa shape index (κ1) is 145. The van der Waals surface area contributed by atoms with E-state index in [1.165, 1.54) is 37.5 Å². The number of amides is 7. The number of carbonyl (C=O) groups excluding carboxylic acids is 17. The zero-order valence-corrected chi connectivity index (χ0v) is 92.7. The van der Waals surface area contributed by atoms with Gasteiger partial charge in [-0.1, -0.05) is 0 Å². The number of likely N-dealkylation sites (tertiary alicyclic amines) is 5. The summed E-state index contributed by atoms with van der Waals surface area (Å²) < 4.78 is 44.9. The molecule has 7 aliphatic rings. The van der Waals surface area contributed by atoms with Gasteiger partial charge in [-0.15, -0.1) is 0 Å². The summed E-state index contributed by atoms with van der Waals surface area (Å²) in [5.41, 5.74) is -3.72. The van der Waals surface area contributed by atoms with Gasteiger partial charge in [0.15, 0.2) is 35.7 Å². The van der Waals surface area contributed by atoms with Crippen LogP contribution in [-0.4, -0.2) is 318 Å². The number of aliphatic hydroxyl groups is 1. The smallest absolute Gasteiger partial charge is 1.00 e. The minimum absolute atomic E-state index is 0. The van der Waals surface area contributed by atoms with Gasteiger partial charge in [0.1, 0.15) is 80.5 Å². The van der Waals surface area contributed by atoms with Crippen molar-refractivity contribution in [2.24, 2.45) is 4.99 Å². The molecule has 7 heterocycles. The molecule has 0 aliphatic carbocycles. The van der Waals surface area contributed by atoms with Gasteiger partial charge in [0, 0.05) is 48.8 Å². The number of rotatable bonds is 13. The molecule has 0 aromatic rings. The van der Waals surface area contributed by atoms with Gasteiger partial charge >= 0.3 is 103 Å². The van der Waals surface area contributed by atoms with Crippen molar-refractivity contribution in [1.29, 1.82) is 0 Å². The molecule has 7 rings (SSSR count). The van der Waals surface area contributed by atoms with E-state index in [2.05, 4.69) is 27.3 Å². The number of aliphatic carboxylic acids is 2. The van der Waals surface area contributed by atoms with Crippen LogP contribution in [0.5, 0.6) is 0 Å². The molecule has 6 fully saturated rings. The number of carbonyl (C=O) groups is 19. The number of hydrogen-bond donors (Lipinski definition) is 5. The molecule has 0 spiro atoms. The molecule has 40 nitrogen and oxygen atoms in total. The third-order valence-electron chi connectivity index (χ3n) is 19.2. The number of imide groups is 1. The molecule has 13 atom stereocenters. The van der Waals surface area contributed by atoms with Crippen molar-refractivity contribution in [3.8, 4) is 0 Å². The molecule has 6 saturated heterocycles. The van der Waals surface area contributed by atoms with Gasteiger partial charge in [-0.25, -0.2) is 52.8 Å². The molecule has 0 aromatic heterocycles. The summed E-state index contributed by atoms with van der Waals surface area (Å²) in [5, 5.41) is 32.8. The third-order valence-corrected chi connectivity index (χ3v) is 19.2. The number of carboxylic acids is 2. The van der Waals surface area contributed by atoms with Crippen molar-refractivity contribution in [1.82, 2.24) is 35.1 Å². The number of aliphatic hydroxyl groups excluding tert-OH is 1. The summed E-state index contributed by atoms with van der Waals surface area (Å²) in [4.78, 5) is 221. The van der Waals surface area contributed by atoms with E-state index in [1.54, 1.807) is 148 Å². The van der Waals surface area contributed by atoms with Crippen molar-refractivity contribution >= 4 is 143 Å². The van der Waals surface area contributed by atoms with E-state index >= 15 is 0 Å². The van der Waals surface area contributed by atoms with E-state index < -0.39 is 118 Å². The average molecular weight is 2040 g/mol. The van der Waals surface area contributed by atoms with Crippen LogP contribution in [0.25, 0.3) is 0 Å². The molecule has 0 saturated carbocycles. The minimum Gasteiger partial charge on any atom is -1.00 e. The Balaban J connectivity index is -0.000000228. The first-order valence-electron chi connectivity index (χ1n) is 45.2. The zero-order chi connectivity index (χ0) is 105. The summed E-state index contributed by atoms with van der Waals surface area (Å²) in [6.07, 6.45) is 6.25. The van der Waals surface area contributed by atoms with Crippen LogP contribution in [0, 0.1) is 7.43 Å². The SMILES string of the molecule is CC(=O)CC[C@H](NC(=O)OC(C)(C)C)C(C)=O.CC(=O)[C@@H]1CCC(=O)N1C(=O)OC(C)(C)C.CC(=O)[C@@H]1CCC(C)=N1.CC(=O)[C@@H]1CC[C@H](C)N1.CC(=O)[C@@H]1CC[C@H](C)N1C(=O)OC(C)(C)C.CC(C)(C)OC(=O)OC(=O)OC(C)(C)C.C[C@H]1CC[C@@H](C(=O)O)N1C(=O)OC(C)(C)C.C[C@H]1CC[C@@H](C(=O)O)N1C(=O)OC(C)(C)C.C[C@H]1CC[C@@H](CO)N1C(=O)OC(C)(C)C.O=CC=O.[Br-].[CH3-].[Li+].[Mg+2].[OH-]. The molecule has 6 N–H and O–H groups in total. The summed E-state index contributed by atoms with van der Waals surface area (Å²) in [5.74, 6) is -2.13. The van der Waals surface area contributed by atoms with Crippen LogP contribution >= 0.6 is 0 Å². The third kappa shape index (κ3) is 64.2. The van der Waals surface area contributed by atoms with E-state index in [9.17, 15) is 81.5 Å². The molecule has 43 heteroatoms. The fourth-order valence-electron chi connectivity index (χ4n) is 13.3.